The Bertz CT molecular complexity index is 324. The van der Waals surface area contributed by atoms with E-state index in [1.165, 1.54) is 32.1 Å². The van der Waals surface area contributed by atoms with Gasteiger partial charge in [0.1, 0.15) is 12.1 Å². The molecule has 4 heteroatoms. The lowest BCUT2D eigenvalue weighted by Crippen LogP contribution is -2.61. The minimum atomic E-state index is -0.361. The van der Waals surface area contributed by atoms with Crippen molar-refractivity contribution in [1.82, 2.24) is 10.2 Å². The van der Waals surface area contributed by atoms with Crippen LogP contribution in [-0.2, 0) is 9.59 Å². The SMILES string of the molecule is CC1NC(=O)C(C)N(CCC2CCCCC2)C1=O. The molecule has 1 saturated carbocycles. The summed E-state index contributed by atoms with van der Waals surface area (Å²) in [7, 11) is 0. The van der Waals surface area contributed by atoms with E-state index in [1.807, 2.05) is 6.92 Å². The van der Waals surface area contributed by atoms with Gasteiger partial charge in [-0.15, -0.1) is 0 Å². The predicted molar refractivity (Wildman–Crippen MR) is 70.0 cm³/mol. The van der Waals surface area contributed by atoms with Crippen molar-refractivity contribution < 1.29 is 9.59 Å². The minimum Gasteiger partial charge on any atom is -0.343 e. The fraction of sp³-hybridized carbons (Fsp3) is 0.857. The zero-order valence-corrected chi connectivity index (χ0v) is 11.4. The average Bonchev–Trinajstić information content (AvgIpc) is 2.38. The Labute approximate surface area is 109 Å². The van der Waals surface area contributed by atoms with E-state index in [9.17, 15) is 9.59 Å². The molecule has 0 spiro atoms. The van der Waals surface area contributed by atoms with Gasteiger partial charge in [0, 0.05) is 6.54 Å². The number of piperazine rings is 1. The van der Waals surface area contributed by atoms with Gasteiger partial charge in [-0.2, -0.15) is 0 Å². The van der Waals surface area contributed by atoms with Crippen LogP contribution in [0.15, 0.2) is 0 Å². The Hall–Kier alpha value is -1.06. The van der Waals surface area contributed by atoms with Crippen LogP contribution in [0.4, 0.5) is 0 Å². The molecule has 1 aliphatic carbocycles. The van der Waals surface area contributed by atoms with Crippen molar-refractivity contribution in [2.75, 3.05) is 6.54 Å². The highest BCUT2D eigenvalue weighted by Gasteiger charge is 2.35. The van der Waals surface area contributed by atoms with Gasteiger partial charge in [0.05, 0.1) is 0 Å². The Balaban J connectivity index is 1.89. The van der Waals surface area contributed by atoms with E-state index < -0.39 is 0 Å². The molecule has 1 aliphatic heterocycles. The monoisotopic (exact) mass is 252 g/mol. The van der Waals surface area contributed by atoms with E-state index in [2.05, 4.69) is 5.32 Å². The fourth-order valence-corrected chi connectivity index (χ4v) is 3.08. The summed E-state index contributed by atoms with van der Waals surface area (Å²) in [6.45, 7) is 4.32. The Morgan fingerprint density at radius 1 is 1.17 bits per heavy atom. The first kappa shape index (κ1) is 13.4. The number of hydrogen-bond donors (Lipinski definition) is 1. The second-order valence-electron chi connectivity index (χ2n) is 5.73. The molecule has 18 heavy (non-hydrogen) atoms. The Kier molecular flexibility index (Phi) is 4.25. The summed E-state index contributed by atoms with van der Waals surface area (Å²) < 4.78 is 0. The molecule has 2 aliphatic rings. The van der Waals surface area contributed by atoms with Crippen molar-refractivity contribution in [1.29, 1.82) is 0 Å². The molecule has 2 amide bonds. The van der Waals surface area contributed by atoms with Gasteiger partial charge in [0.15, 0.2) is 0 Å². The summed E-state index contributed by atoms with van der Waals surface area (Å²) in [6, 6.07) is -0.669. The molecule has 0 aromatic rings. The van der Waals surface area contributed by atoms with E-state index in [0.29, 0.717) is 0 Å². The first-order valence-corrected chi connectivity index (χ1v) is 7.20. The number of carbonyl (C=O) groups excluding carboxylic acids is 2. The predicted octanol–water partition coefficient (Wildman–Crippen LogP) is 1.69. The maximum atomic E-state index is 12.1. The average molecular weight is 252 g/mol. The van der Waals surface area contributed by atoms with Crippen molar-refractivity contribution in [2.24, 2.45) is 5.92 Å². The summed E-state index contributed by atoms with van der Waals surface area (Å²) in [5.41, 5.74) is 0. The summed E-state index contributed by atoms with van der Waals surface area (Å²) in [4.78, 5) is 25.5. The molecule has 102 valence electrons. The third kappa shape index (κ3) is 2.85. The highest BCUT2D eigenvalue weighted by atomic mass is 16.2. The lowest BCUT2D eigenvalue weighted by molar-refractivity contribution is -0.148. The molecule has 1 N–H and O–H groups in total. The fourth-order valence-electron chi connectivity index (χ4n) is 3.08. The number of carbonyl (C=O) groups is 2. The van der Waals surface area contributed by atoms with Crippen LogP contribution in [0, 0.1) is 5.92 Å². The van der Waals surface area contributed by atoms with Gasteiger partial charge in [0.2, 0.25) is 11.8 Å². The van der Waals surface area contributed by atoms with E-state index in [1.54, 1.807) is 11.8 Å². The van der Waals surface area contributed by atoms with E-state index in [0.717, 1.165) is 18.9 Å². The Morgan fingerprint density at radius 3 is 2.50 bits per heavy atom. The summed E-state index contributed by atoms with van der Waals surface area (Å²) in [5, 5.41) is 2.72. The maximum absolute atomic E-state index is 12.1. The molecule has 0 radical (unpaired) electrons. The van der Waals surface area contributed by atoms with E-state index >= 15 is 0 Å². The lowest BCUT2D eigenvalue weighted by Gasteiger charge is -2.37. The van der Waals surface area contributed by atoms with Gasteiger partial charge in [-0.25, -0.2) is 0 Å². The normalized spacial score (nSPS) is 30.4. The topological polar surface area (TPSA) is 49.4 Å². The van der Waals surface area contributed by atoms with Crippen LogP contribution in [0.1, 0.15) is 52.4 Å². The summed E-state index contributed by atoms with van der Waals surface area (Å²) in [5.74, 6) is 0.794. The number of hydrogen-bond acceptors (Lipinski definition) is 2. The van der Waals surface area contributed by atoms with Gasteiger partial charge in [0.25, 0.3) is 0 Å². The molecule has 2 atom stereocenters. The number of nitrogens with zero attached hydrogens (tertiary/aromatic N) is 1. The molecule has 2 fully saturated rings. The van der Waals surface area contributed by atoms with Crippen molar-refractivity contribution in [3.8, 4) is 0 Å². The molecule has 2 rings (SSSR count). The summed E-state index contributed by atoms with van der Waals surface area (Å²) in [6.07, 6.45) is 7.64. The molecule has 1 saturated heterocycles. The second kappa shape index (κ2) is 5.72. The molecule has 1 heterocycles. The van der Waals surface area contributed by atoms with Crippen LogP contribution in [0.5, 0.6) is 0 Å². The number of amides is 2. The Morgan fingerprint density at radius 2 is 1.83 bits per heavy atom. The molecule has 0 bridgehead atoms. The molecular weight excluding hydrogens is 228 g/mol. The third-order valence-corrected chi connectivity index (χ3v) is 4.36. The molecule has 2 unspecified atom stereocenters. The second-order valence-corrected chi connectivity index (χ2v) is 5.73. The van der Waals surface area contributed by atoms with Gasteiger partial charge >= 0.3 is 0 Å². The quantitative estimate of drug-likeness (QED) is 0.831. The smallest absolute Gasteiger partial charge is 0.245 e. The lowest BCUT2D eigenvalue weighted by atomic mass is 9.86. The van der Waals surface area contributed by atoms with Crippen LogP contribution in [0.3, 0.4) is 0 Å². The highest BCUT2D eigenvalue weighted by Crippen LogP contribution is 2.27. The summed E-state index contributed by atoms with van der Waals surface area (Å²) >= 11 is 0. The first-order valence-electron chi connectivity index (χ1n) is 7.20. The maximum Gasteiger partial charge on any atom is 0.245 e. The van der Waals surface area contributed by atoms with Crippen molar-refractivity contribution in [3.63, 3.8) is 0 Å². The molecule has 0 aromatic heterocycles. The largest absolute Gasteiger partial charge is 0.343 e. The van der Waals surface area contributed by atoms with Crippen LogP contribution >= 0.6 is 0 Å². The standard InChI is InChI=1S/C14H24N2O2/c1-10-14(18)16(11(2)13(17)15-10)9-8-12-6-4-3-5-7-12/h10-12H,3-9H2,1-2H3,(H,15,17). The van der Waals surface area contributed by atoms with Gasteiger partial charge in [-0.1, -0.05) is 32.1 Å². The van der Waals surface area contributed by atoms with Crippen LogP contribution in [0.25, 0.3) is 0 Å². The minimum absolute atomic E-state index is 0.0225. The van der Waals surface area contributed by atoms with Gasteiger partial charge in [-0.3, -0.25) is 9.59 Å². The molecular formula is C14H24N2O2. The van der Waals surface area contributed by atoms with E-state index in [-0.39, 0.29) is 23.9 Å². The molecule has 4 nitrogen and oxygen atoms in total. The van der Waals surface area contributed by atoms with Gasteiger partial charge in [-0.05, 0) is 26.2 Å². The van der Waals surface area contributed by atoms with Crippen molar-refractivity contribution in [3.05, 3.63) is 0 Å². The zero-order chi connectivity index (χ0) is 13.1. The van der Waals surface area contributed by atoms with Crippen LogP contribution < -0.4 is 5.32 Å². The van der Waals surface area contributed by atoms with Gasteiger partial charge < -0.3 is 10.2 Å². The highest BCUT2D eigenvalue weighted by molar-refractivity contribution is 5.96. The van der Waals surface area contributed by atoms with Crippen molar-refractivity contribution >= 4 is 11.8 Å². The zero-order valence-electron chi connectivity index (χ0n) is 11.4. The number of nitrogens with one attached hydrogen (secondary N) is 1. The first-order chi connectivity index (χ1) is 8.59. The van der Waals surface area contributed by atoms with Crippen molar-refractivity contribution in [2.45, 2.75) is 64.5 Å². The third-order valence-electron chi connectivity index (χ3n) is 4.36. The number of rotatable bonds is 3. The van der Waals surface area contributed by atoms with Crippen LogP contribution in [-0.4, -0.2) is 35.3 Å². The van der Waals surface area contributed by atoms with Crippen LogP contribution in [0.2, 0.25) is 0 Å². The molecule has 0 aromatic carbocycles. The van der Waals surface area contributed by atoms with E-state index in [4.69, 9.17) is 0 Å².